The van der Waals surface area contributed by atoms with Crippen LogP contribution in [0.15, 0.2) is 24.3 Å². The van der Waals surface area contributed by atoms with Crippen LogP contribution in [-0.4, -0.2) is 9.97 Å². The van der Waals surface area contributed by atoms with E-state index in [2.05, 4.69) is 9.97 Å². The molecule has 3 nitrogen and oxygen atoms in total. The van der Waals surface area contributed by atoms with Crippen LogP contribution in [-0.2, 0) is 0 Å². The third kappa shape index (κ3) is 2.00. The summed E-state index contributed by atoms with van der Waals surface area (Å²) in [5, 5.41) is 0. The summed E-state index contributed by atoms with van der Waals surface area (Å²) in [6, 6.07) is 6.58. The van der Waals surface area contributed by atoms with Crippen molar-refractivity contribution >= 4 is 5.82 Å². The van der Waals surface area contributed by atoms with Gasteiger partial charge >= 0.3 is 0 Å². The Hall–Kier alpha value is -1.97. The molecule has 0 radical (unpaired) electrons. The van der Waals surface area contributed by atoms with Gasteiger partial charge in [0.05, 0.1) is 0 Å². The first-order valence-corrected chi connectivity index (χ1v) is 4.94. The highest BCUT2D eigenvalue weighted by Gasteiger charge is 2.06. The summed E-state index contributed by atoms with van der Waals surface area (Å²) in [5.74, 6) is 0.584. The predicted octanol–water partition coefficient (Wildman–Crippen LogP) is 2.48. The van der Waals surface area contributed by atoms with Crippen LogP contribution in [0.3, 0.4) is 0 Å². The van der Waals surface area contributed by atoms with Crippen molar-refractivity contribution in [2.75, 3.05) is 5.73 Å². The zero-order valence-electron chi connectivity index (χ0n) is 9.16. The first-order valence-electron chi connectivity index (χ1n) is 4.94. The Morgan fingerprint density at radius 1 is 1.12 bits per heavy atom. The van der Waals surface area contributed by atoms with Crippen LogP contribution in [0.25, 0.3) is 11.4 Å². The second-order valence-corrected chi connectivity index (χ2v) is 3.72. The molecule has 2 N–H and O–H groups in total. The molecule has 4 heteroatoms. The van der Waals surface area contributed by atoms with E-state index in [0.717, 1.165) is 5.69 Å². The van der Waals surface area contributed by atoms with E-state index in [9.17, 15) is 4.39 Å². The average Bonchev–Trinajstić information content (AvgIpc) is 2.20. The van der Waals surface area contributed by atoms with Gasteiger partial charge in [0.15, 0.2) is 5.82 Å². The molecule has 0 aliphatic heterocycles. The summed E-state index contributed by atoms with van der Waals surface area (Å²) in [4.78, 5) is 8.29. The highest BCUT2D eigenvalue weighted by atomic mass is 19.1. The Morgan fingerprint density at radius 3 is 2.50 bits per heavy atom. The van der Waals surface area contributed by atoms with Crippen molar-refractivity contribution in [2.24, 2.45) is 0 Å². The molecule has 0 aliphatic rings. The van der Waals surface area contributed by atoms with E-state index in [1.807, 2.05) is 6.92 Å². The van der Waals surface area contributed by atoms with E-state index in [0.29, 0.717) is 22.8 Å². The minimum atomic E-state index is -0.263. The lowest BCUT2D eigenvalue weighted by molar-refractivity contribution is 0.619. The number of hydrogen-bond donors (Lipinski definition) is 1. The monoisotopic (exact) mass is 217 g/mol. The quantitative estimate of drug-likeness (QED) is 0.798. The normalized spacial score (nSPS) is 10.4. The Balaban J connectivity index is 2.54. The third-order valence-corrected chi connectivity index (χ3v) is 2.30. The van der Waals surface area contributed by atoms with Crippen LogP contribution in [0.4, 0.5) is 10.2 Å². The van der Waals surface area contributed by atoms with Crippen LogP contribution in [0.5, 0.6) is 0 Å². The van der Waals surface area contributed by atoms with Gasteiger partial charge in [0, 0.05) is 17.3 Å². The molecule has 0 unspecified atom stereocenters. The topological polar surface area (TPSA) is 51.8 Å². The van der Waals surface area contributed by atoms with E-state index in [-0.39, 0.29) is 5.82 Å². The van der Waals surface area contributed by atoms with E-state index in [4.69, 9.17) is 5.73 Å². The van der Waals surface area contributed by atoms with Crippen molar-refractivity contribution in [3.05, 3.63) is 41.3 Å². The van der Waals surface area contributed by atoms with Gasteiger partial charge < -0.3 is 5.73 Å². The molecular weight excluding hydrogens is 205 g/mol. The van der Waals surface area contributed by atoms with Gasteiger partial charge in [0.2, 0.25) is 0 Å². The molecule has 0 aliphatic carbocycles. The zero-order valence-corrected chi connectivity index (χ0v) is 9.16. The summed E-state index contributed by atoms with van der Waals surface area (Å²) in [6.45, 7) is 3.54. The largest absolute Gasteiger partial charge is 0.384 e. The fourth-order valence-corrected chi connectivity index (χ4v) is 1.45. The SMILES string of the molecule is Cc1cc(N)nc(-c2ccc(C)c(F)c2)n1. The minimum Gasteiger partial charge on any atom is -0.384 e. The van der Waals surface area contributed by atoms with Crippen LogP contribution < -0.4 is 5.73 Å². The Morgan fingerprint density at radius 2 is 1.88 bits per heavy atom. The summed E-state index contributed by atoms with van der Waals surface area (Å²) in [6.07, 6.45) is 0. The molecular formula is C12H12FN3. The number of rotatable bonds is 1. The molecule has 1 aromatic carbocycles. The summed E-state index contributed by atoms with van der Waals surface area (Å²) >= 11 is 0. The lowest BCUT2D eigenvalue weighted by atomic mass is 10.1. The molecule has 0 fully saturated rings. The van der Waals surface area contributed by atoms with Gasteiger partial charge in [-0.05, 0) is 25.5 Å². The molecule has 0 bridgehead atoms. The number of nitrogens with two attached hydrogens (primary N) is 1. The maximum Gasteiger partial charge on any atom is 0.161 e. The second kappa shape index (κ2) is 3.89. The van der Waals surface area contributed by atoms with Crippen molar-refractivity contribution in [3.63, 3.8) is 0 Å². The molecule has 2 rings (SSSR count). The van der Waals surface area contributed by atoms with Crippen molar-refractivity contribution in [3.8, 4) is 11.4 Å². The third-order valence-electron chi connectivity index (χ3n) is 2.30. The Labute approximate surface area is 93.2 Å². The van der Waals surface area contributed by atoms with Crippen LogP contribution in [0.2, 0.25) is 0 Å². The van der Waals surface area contributed by atoms with Gasteiger partial charge in [-0.1, -0.05) is 12.1 Å². The van der Waals surface area contributed by atoms with Gasteiger partial charge in [-0.15, -0.1) is 0 Å². The maximum atomic E-state index is 13.4. The molecule has 82 valence electrons. The average molecular weight is 217 g/mol. The van der Waals surface area contributed by atoms with Gasteiger partial charge in [0.25, 0.3) is 0 Å². The van der Waals surface area contributed by atoms with Crippen LogP contribution in [0.1, 0.15) is 11.3 Å². The van der Waals surface area contributed by atoms with Crippen molar-refractivity contribution < 1.29 is 4.39 Å². The number of nitrogen functional groups attached to an aromatic ring is 1. The molecule has 1 heterocycles. The molecule has 0 spiro atoms. The Kier molecular flexibility index (Phi) is 2.56. The second-order valence-electron chi connectivity index (χ2n) is 3.72. The molecule has 2 aromatic rings. The minimum absolute atomic E-state index is 0.263. The molecule has 1 aromatic heterocycles. The number of anilines is 1. The van der Waals surface area contributed by atoms with Crippen LogP contribution >= 0.6 is 0 Å². The Bertz CT molecular complexity index is 518. The highest BCUT2D eigenvalue weighted by molar-refractivity contribution is 5.57. The summed E-state index contributed by atoms with van der Waals surface area (Å²) in [7, 11) is 0. The molecule has 16 heavy (non-hydrogen) atoms. The lowest BCUT2D eigenvalue weighted by Gasteiger charge is -2.04. The number of nitrogens with zero attached hydrogens (tertiary/aromatic N) is 2. The number of halogens is 1. The van der Waals surface area contributed by atoms with Gasteiger partial charge in [-0.25, -0.2) is 14.4 Å². The first-order chi connectivity index (χ1) is 7.56. The zero-order chi connectivity index (χ0) is 11.7. The lowest BCUT2D eigenvalue weighted by Crippen LogP contribution is -1.98. The molecule has 0 amide bonds. The first kappa shape index (κ1) is 10.5. The molecule has 0 saturated heterocycles. The van der Waals surface area contributed by atoms with Crippen molar-refractivity contribution in [1.82, 2.24) is 9.97 Å². The highest BCUT2D eigenvalue weighted by Crippen LogP contribution is 2.19. The van der Waals surface area contributed by atoms with Gasteiger partial charge in [-0.2, -0.15) is 0 Å². The fourth-order valence-electron chi connectivity index (χ4n) is 1.45. The smallest absolute Gasteiger partial charge is 0.161 e. The molecule has 0 saturated carbocycles. The van der Waals surface area contributed by atoms with Crippen molar-refractivity contribution in [1.29, 1.82) is 0 Å². The van der Waals surface area contributed by atoms with E-state index in [1.54, 1.807) is 25.1 Å². The van der Waals surface area contributed by atoms with Gasteiger partial charge in [0.1, 0.15) is 11.6 Å². The fraction of sp³-hybridized carbons (Fsp3) is 0.167. The van der Waals surface area contributed by atoms with Crippen molar-refractivity contribution in [2.45, 2.75) is 13.8 Å². The van der Waals surface area contributed by atoms with Crippen LogP contribution in [0, 0.1) is 19.7 Å². The van der Waals surface area contributed by atoms with E-state index < -0.39 is 0 Å². The standard InChI is InChI=1S/C12H12FN3/c1-7-3-4-9(6-10(7)13)12-15-8(2)5-11(14)16-12/h3-6H,1-2H3,(H2,14,15,16). The molecule has 0 atom stereocenters. The number of aromatic nitrogens is 2. The summed E-state index contributed by atoms with van der Waals surface area (Å²) < 4.78 is 13.4. The number of hydrogen-bond acceptors (Lipinski definition) is 3. The predicted molar refractivity (Wildman–Crippen MR) is 61.3 cm³/mol. The van der Waals surface area contributed by atoms with E-state index >= 15 is 0 Å². The summed E-state index contributed by atoms with van der Waals surface area (Å²) in [5.41, 5.74) is 7.63. The van der Waals surface area contributed by atoms with E-state index in [1.165, 1.54) is 6.07 Å². The number of benzene rings is 1. The van der Waals surface area contributed by atoms with Gasteiger partial charge in [-0.3, -0.25) is 0 Å². The maximum absolute atomic E-state index is 13.4. The number of aryl methyl sites for hydroxylation is 2.